The summed E-state index contributed by atoms with van der Waals surface area (Å²) in [5, 5.41) is 1.86. The van der Waals surface area contributed by atoms with Gasteiger partial charge in [-0.25, -0.2) is 0 Å². The fraction of sp³-hybridized carbons (Fsp3) is 0. The first kappa shape index (κ1) is 6.68. The molecular formula is C8H10N2. The van der Waals surface area contributed by atoms with Gasteiger partial charge in [-0.05, 0) is 12.1 Å². The van der Waals surface area contributed by atoms with Gasteiger partial charge in [0.2, 0.25) is 0 Å². The van der Waals surface area contributed by atoms with Crippen LogP contribution in [0.2, 0.25) is 0 Å². The van der Waals surface area contributed by atoms with Gasteiger partial charge in [0.25, 0.3) is 0 Å². The molecule has 1 aromatic heterocycles. The van der Waals surface area contributed by atoms with E-state index < -0.39 is 0 Å². The Balaban J connectivity index is 3.29. The zero-order chi connectivity index (χ0) is 7.56. The van der Waals surface area contributed by atoms with Crippen molar-refractivity contribution in [2.45, 2.75) is 0 Å². The number of hydrogen-bond acceptors (Lipinski definition) is 1. The third kappa shape index (κ3) is 1.29. The lowest BCUT2D eigenvalue weighted by Crippen LogP contribution is -2.20. The summed E-state index contributed by atoms with van der Waals surface area (Å²) in [6, 6.07) is 1.90. The van der Waals surface area contributed by atoms with E-state index in [1.807, 2.05) is 12.3 Å². The van der Waals surface area contributed by atoms with Gasteiger partial charge in [-0.15, -0.1) is 0 Å². The van der Waals surface area contributed by atoms with Crippen molar-refractivity contribution in [1.29, 1.82) is 0 Å². The number of aromatic amines is 1. The zero-order valence-electron chi connectivity index (χ0n) is 5.72. The normalized spacial score (nSPS) is 11.8. The molecule has 2 heteroatoms. The summed E-state index contributed by atoms with van der Waals surface area (Å²) in [5.74, 6) is 0. The quantitative estimate of drug-likeness (QED) is 0.543. The number of nitrogens with one attached hydrogen (secondary N) is 1. The summed E-state index contributed by atoms with van der Waals surface area (Å²) in [6.45, 7) is 7.30. The van der Waals surface area contributed by atoms with Crippen LogP contribution in [0.5, 0.6) is 0 Å². The van der Waals surface area contributed by atoms with Gasteiger partial charge < -0.3 is 10.7 Å². The summed E-state index contributed by atoms with van der Waals surface area (Å²) < 4.78 is 0. The van der Waals surface area contributed by atoms with Crippen molar-refractivity contribution >= 4 is 12.7 Å². The smallest absolute Gasteiger partial charge is 0.0381 e. The SMILES string of the molecule is C=C(N)/C=c1/cc[nH]c1=C. The van der Waals surface area contributed by atoms with Crippen molar-refractivity contribution < 1.29 is 0 Å². The molecule has 0 bridgehead atoms. The molecule has 0 amide bonds. The minimum absolute atomic E-state index is 0.546. The van der Waals surface area contributed by atoms with E-state index in [9.17, 15) is 0 Å². The average Bonchev–Trinajstić information content (AvgIpc) is 2.15. The Morgan fingerprint density at radius 3 is 2.80 bits per heavy atom. The third-order valence-corrected chi connectivity index (χ3v) is 1.21. The molecule has 1 aromatic rings. The average molecular weight is 134 g/mol. The highest BCUT2D eigenvalue weighted by Crippen LogP contribution is 1.74. The molecule has 0 aliphatic heterocycles. The molecular weight excluding hydrogens is 124 g/mol. The van der Waals surface area contributed by atoms with Crippen LogP contribution >= 0.6 is 0 Å². The van der Waals surface area contributed by atoms with Gasteiger partial charge in [-0.1, -0.05) is 13.2 Å². The predicted molar refractivity (Wildman–Crippen MR) is 43.4 cm³/mol. The van der Waals surface area contributed by atoms with Crippen molar-refractivity contribution in [2.24, 2.45) is 5.73 Å². The Bertz CT molecular complexity index is 332. The molecule has 0 unspecified atom stereocenters. The maximum atomic E-state index is 5.36. The van der Waals surface area contributed by atoms with Crippen LogP contribution in [0.1, 0.15) is 0 Å². The Morgan fingerprint density at radius 2 is 2.40 bits per heavy atom. The van der Waals surface area contributed by atoms with Gasteiger partial charge in [-0.2, -0.15) is 0 Å². The van der Waals surface area contributed by atoms with E-state index in [2.05, 4.69) is 18.1 Å². The van der Waals surface area contributed by atoms with Crippen LogP contribution in [0.25, 0.3) is 12.7 Å². The van der Waals surface area contributed by atoms with Gasteiger partial charge in [0.15, 0.2) is 0 Å². The number of hydrogen-bond donors (Lipinski definition) is 2. The molecule has 0 saturated heterocycles. The summed E-state index contributed by atoms with van der Waals surface area (Å²) in [4.78, 5) is 2.93. The summed E-state index contributed by atoms with van der Waals surface area (Å²) in [6.07, 6.45) is 3.59. The van der Waals surface area contributed by atoms with Gasteiger partial charge >= 0.3 is 0 Å². The molecule has 3 N–H and O–H groups in total. The molecule has 1 heterocycles. The highest BCUT2D eigenvalue weighted by Gasteiger charge is 1.81. The molecule has 2 nitrogen and oxygen atoms in total. The summed E-state index contributed by atoms with van der Waals surface area (Å²) in [7, 11) is 0. The molecule has 0 spiro atoms. The Kier molecular flexibility index (Phi) is 1.63. The Hall–Kier alpha value is -1.44. The van der Waals surface area contributed by atoms with E-state index in [1.165, 1.54) is 0 Å². The molecule has 0 aliphatic carbocycles. The second kappa shape index (κ2) is 2.43. The zero-order valence-corrected chi connectivity index (χ0v) is 5.72. The minimum Gasteiger partial charge on any atom is -0.399 e. The van der Waals surface area contributed by atoms with Crippen LogP contribution < -0.4 is 16.3 Å². The van der Waals surface area contributed by atoms with Gasteiger partial charge in [-0.3, -0.25) is 0 Å². The fourth-order valence-corrected chi connectivity index (χ4v) is 0.751. The number of H-pyrrole nitrogens is 1. The van der Waals surface area contributed by atoms with Crippen LogP contribution in [0.4, 0.5) is 0 Å². The van der Waals surface area contributed by atoms with E-state index in [-0.39, 0.29) is 0 Å². The lowest BCUT2D eigenvalue weighted by atomic mass is 10.3. The second-order valence-electron chi connectivity index (χ2n) is 2.13. The summed E-state index contributed by atoms with van der Waals surface area (Å²) >= 11 is 0. The van der Waals surface area contributed by atoms with Crippen molar-refractivity contribution in [3.05, 3.63) is 35.1 Å². The highest BCUT2D eigenvalue weighted by atomic mass is 14.6. The first-order valence-electron chi connectivity index (χ1n) is 2.98. The van der Waals surface area contributed by atoms with Gasteiger partial charge in [0.05, 0.1) is 0 Å². The molecule has 0 aliphatic rings. The maximum Gasteiger partial charge on any atom is 0.0381 e. The van der Waals surface area contributed by atoms with Gasteiger partial charge in [0.1, 0.15) is 0 Å². The fourth-order valence-electron chi connectivity index (χ4n) is 0.751. The molecule has 0 aromatic carbocycles. The Labute approximate surface area is 59.4 Å². The monoisotopic (exact) mass is 134 g/mol. The molecule has 0 atom stereocenters. The number of rotatable bonds is 1. The molecule has 10 heavy (non-hydrogen) atoms. The van der Waals surface area contributed by atoms with E-state index in [4.69, 9.17) is 5.73 Å². The van der Waals surface area contributed by atoms with Crippen LogP contribution in [-0.4, -0.2) is 4.98 Å². The topological polar surface area (TPSA) is 41.8 Å². The molecule has 0 saturated carbocycles. The Morgan fingerprint density at radius 1 is 1.70 bits per heavy atom. The lowest BCUT2D eigenvalue weighted by Gasteiger charge is -1.81. The number of aromatic nitrogens is 1. The van der Waals surface area contributed by atoms with Crippen molar-refractivity contribution in [3.8, 4) is 0 Å². The largest absolute Gasteiger partial charge is 0.399 e. The van der Waals surface area contributed by atoms with E-state index in [0.717, 1.165) is 10.6 Å². The third-order valence-electron chi connectivity index (χ3n) is 1.21. The molecule has 0 radical (unpaired) electrons. The molecule has 0 fully saturated rings. The maximum absolute atomic E-state index is 5.36. The first-order chi connectivity index (χ1) is 4.70. The van der Waals surface area contributed by atoms with Crippen molar-refractivity contribution in [2.75, 3.05) is 0 Å². The van der Waals surface area contributed by atoms with Gasteiger partial charge in [0, 0.05) is 22.5 Å². The van der Waals surface area contributed by atoms with Crippen molar-refractivity contribution in [1.82, 2.24) is 4.98 Å². The molecule has 1 rings (SSSR count). The van der Waals surface area contributed by atoms with Crippen LogP contribution in [0, 0.1) is 0 Å². The predicted octanol–water partition coefficient (Wildman–Crippen LogP) is -0.322. The number of allylic oxidation sites excluding steroid dienone is 1. The van der Waals surface area contributed by atoms with E-state index in [0.29, 0.717) is 5.70 Å². The first-order valence-corrected chi connectivity index (χ1v) is 2.98. The lowest BCUT2D eigenvalue weighted by molar-refractivity contribution is 1.32. The molecule has 52 valence electrons. The highest BCUT2D eigenvalue weighted by molar-refractivity contribution is 5.42. The minimum atomic E-state index is 0.546. The standard InChI is InChI=1S/C8H10N2/c1-6(9)5-8-3-4-10-7(8)2/h3-5,10H,1-2,9H2/b8-5-. The van der Waals surface area contributed by atoms with E-state index in [1.54, 1.807) is 6.08 Å². The van der Waals surface area contributed by atoms with Crippen molar-refractivity contribution in [3.63, 3.8) is 0 Å². The summed E-state index contributed by atoms with van der Waals surface area (Å²) in [5.41, 5.74) is 5.91. The second-order valence-corrected chi connectivity index (χ2v) is 2.13. The van der Waals surface area contributed by atoms with E-state index >= 15 is 0 Å². The number of nitrogens with two attached hydrogens (primary N) is 1. The van der Waals surface area contributed by atoms with Crippen LogP contribution in [0.3, 0.4) is 0 Å². The van der Waals surface area contributed by atoms with Crippen LogP contribution in [0.15, 0.2) is 24.5 Å². The van der Waals surface area contributed by atoms with Crippen LogP contribution in [-0.2, 0) is 0 Å².